The van der Waals surface area contributed by atoms with Crippen LogP contribution < -0.4 is 15.5 Å². The molecule has 2 aliphatic heterocycles. The van der Waals surface area contributed by atoms with Gasteiger partial charge in [-0.05, 0) is 101 Å². The number of carbonyl (C=O) groups excluding carboxylic acids is 2. The van der Waals surface area contributed by atoms with Gasteiger partial charge in [-0.1, -0.05) is 41.8 Å². The van der Waals surface area contributed by atoms with E-state index in [1.165, 1.54) is 0 Å². The number of likely N-dealkylation sites (N-methyl/N-ethyl adjacent to an activating group) is 1. The first-order valence-electron chi connectivity index (χ1n) is 16.3. The molecule has 1 fully saturated rings. The Kier molecular flexibility index (Phi) is 12.8. The number of hydrogen-bond acceptors (Lipinski definition) is 7. The van der Waals surface area contributed by atoms with Crippen molar-refractivity contribution >= 4 is 45.4 Å². The van der Waals surface area contributed by atoms with Crippen LogP contribution in [0, 0.1) is 12.8 Å². The van der Waals surface area contributed by atoms with Crippen molar-refractivity contribution in [1.82, 2.24) is 15.5 Å². The summed E-state index contributed by atoms with van der Waals surface area (Å²) in [6.07, 6.45) is 10.6. The number of amides is 2. The fourth-order valence-corrected chi connectivity index (χ4v) is 8.48. The first-order chi connectivity index (χ1) is 21.2. The van der Waals surface area contributed by atoms with Gasteiger partial charge in [0, 0.05) is 36.5 Å². The number of aliphatic hydroxyl groups is 1. The maximum absolute atomic E-state index is 13.7. The van der Waals surface area contributed by atoms with E-state index in [4.69, 9.17) is 0 Å². The Labute approximate surface area is 270 Å². The van der Waals surface area contributed by atoms with Crippen molar-refractivity contribution in [3.8, 4) is 0 Å². The molecule has 2 amide bonds. The first kappa shape index (κ1) is 34.6. The van der Waals surface area contributed by atoms with Crippen LogP contribution in [0.4, 0.5) is 5.69 Å². The number of thioether (sulfide) groups is 1. The first-order valence-corrected chi connectivity index (χ1v) is 18.6. The molecule has 0 radical (unpaired) electrons. The highest BCUT2D eigenvalue weighted by molar-refractivity contribution is 8.09. The largest absolute Gasteiger partial charge is 0.372 e. The molecule has 1 aliphatic carbocycles. The molecule has 1 aromatic carbocycles. The minimum Gasteiger partial charge on any atom is -0.372 e. The van der Waals surface area contributed by atoms with Crippen LogP contribution in [0.25, 0.3) is 0 Å². The Morgan fingerprint density at radius 2 is 1.95 bits per heavy atom. The molecule has 4 unspecified atom stereocenters. The summed E-state index contributed by atoms with van der Waals surface area (Å²) in [7, 11) is -0.562. The van der Waals surface area contributed by atoms with E-state index in [-0.39, 0.29) is 34.6 Å². The standard InChI is InChI=1S/C34H52N4O4S2/c1-5-37(28-13-11-12-25(3)22-28)31(39)24-38-29(23-30-34(38,4)18-20-43-30)33(41)36-27-16-14-26(15-17-27)32(40)35-19-9-7-8-10-21-44(42)6-2/h6,11-13,18,20,22-23,26-27,30-31,39,42H,5,7-10,14-17,19,21,24H2,1-4H3,(H,35,40)(H,36,41). The summed E-state index contributed by atoms with van der Waals surface area (Å²) >= 11 is 1.71. The van der Waals surface area contributed by atoms with Crippen molar-refractivity contribution in [2.75, 3.05) is 30.3 Å². The van der Waals surface area contributed by atoms with Crippen LogP contribution >= 0.6 is 22.5 Å². The van der Waals surface area contributed by atoms with Gasteiger partial charge in [-0.2, -0.15) is 0 Å². The summed E-state index contributed by atoms with van der Waals surface area (Å²) in [6, 6.07) is 8.18. The van der Waals surface area contributed by atoms with Gasteiger partial charge in [-0.25, -0.2) is 0 Å². The van der Waals surface area contributed by atoms with Crippen LogP contribution in [0.2, 0.25) is 0 Å². The lowest BCUT2D eigenvalue weighted by molar-refractivity contribution is -0.126. The maximum atomic E-state index is 13.7. The lowest BCUT2D eigenvalue weighted by Gasteiger charge is -2.41. The Balaban J connectivity index is 1.26. The van der Waals surface area contributed by atoms with Crippen LogP contribution in [0.1, 0.15) is 77.7 Å². The smallest absolute Gasteiger partial charge is 0.267 e. The molecule has 0 saturated heterocycles. The van der Waals surface area contributed by atoms with Gasteiger partial charge in [-0.3, -0.25) is 9.59 Å². The molecule has 1 aromatic rings. The van der Waals surface area contributed by atoms with E-state index in [0.717, 1.165) is 68.4 Å². The number of carbonyl (C=O) groups is 2. The van der Waals surface area contributed by atoms with E-state index in [2.05, 4.69) is 46.1 Å². The maximum Gasteiger partial charge on any atom is 0.267 e. The number of rotatable bonds is 15. The number of nitrogens with one attached hydrogen (secondary N) is 2. The highest BCUT2D eigenvalue weighted by Gasteiger charge is 2.48. The monoisotopic (exact) mass is 644 g/mol. The number of benzene rings is 1. The second-order valence-electron chi connectivity index (χ2n) is 12.4. The normalized spacial score (nSPS) is 25.8. The highest BCUT2D eigenvalue weighted by Crippen LogP contribution is 2.46. The van der Waals surface area contributed by atoms with E-state index >= 15 is 0 Å². The number of hydrogen-bond donors (Lipinski definition) is 4. The Bertz CT molecular complexity index is 1230. The molecule has 0 aromatic heterocycles. The zero-order chi connectivity index (χ0) is 31.7. The molecule has 44 heavy (non-hydrogen) atoms. The molecule has 2 heterocycles. The number of aryl methyl sites for hydroxylation is 1. The highest BCUT2D eigenvalue weighted by atomic mass is 32.2. The zero-order valence-corrected chi connectivity index (χ0v) is 28.5. The third kappa shape index (κ3) is 8.71. The van der Waals surface area contributed by atoms with Crippen molar-refractivity contribution in [2.24, 2.45) is 5.92 Å². The van der Waals surface area contributed by atoms with E-state index < -0.39 is 17.0 Å². The summed E-state index contributed by atoms with van der Waals surface area (Å²) in [5, 5.41) is 21.9. The fourth-order valence-electron chi connectivity index (χ4n) is 6.53. The SMILES string of the molecule is C/C=S(/O)CCCCCCNC(=O)C1CCC(NC(=O)C2=CC3SC=CC3(C)N2CC(O)N(CC)c2cccc(C)c2)CC1. The third-order valence-corrected chi connectivity index (χ3v) is 11.7. The van der Waals surface area contributed by atoms with Gasteiger partial charge in [0.2, 0.25) is 5.91 Å². The van der Waals surface area contributed by atoms with Gasteiger partial charge < -0.3 is 30.1 Å². The summed E-state index contributed by atoms with van der Waals surface area (Å²) < 4.78 is 9.63. The van der Waals surface area contributed by atoms with Crippen molar-refractivity contribution in [1.29, 1.82) is 0 Å². The topological polar surface area (TPSA) is 105 Å². The van der Waals surface area contributed by atoms with Gasteiger partial charge >= 0.3 is 0 Å². The van der Waals surface area contributed by atoms with E-state index in [0.29, 0.717) is 25.3 Å². The number of unbranched alkanes of at least 4 members (excludes halogenated alkanes) is 3. The quantitative estimate of drug-likeness (QED) is 0.111. The van der Waals surface area contributed by atoms with Crippen molar-refractivity contribution < 1.29 is 19.2 Å². The van der Waals surface area contributed by atoms with Crippen LogP contribution in [-0.2, 0) is 9.59 Å². The molecule has 10 heteroatoms. The minimum absolute atomic E-state index is 0.00149. The van der Waals surface area contributed by atoms with Crippen LogP contribution in [0.15, 0.2) is 47.5 Å². The third-order valence-electron chi connectivity index (χ3n) is 9.29. The van der Waals surface area contributed by atoms with Crippen LogP contribution in [-0.4, -0.2) is 80.2 Å². The van der Waals surface area contributed by atoms with Crippen molar-refractivity contribution in [2.45, 2.75) is 102 Å². The lowest BCUT2D eigenvalue weighted by atomic mass is 9.85. The van der Waals surface area contributed by atoms with E-state index in [1.54, 1.807) is 11.8 Å². The van der Waals surface area contributed by atoms with E-state index in [9.17, 15) is 19.2 Å². The summed E-state index contributed by atoms with van der Waals surface area (Å²) in [5.41, 5.74) is 2.35. The molecule has 0 spiro atoms. The van der Waals surface area contributed by atoms with Crippen molar-refractivity contribution in [3.05, 3.63) is 53.1 Å². The average molecular weight is 645 g/mol. The van der Waals surface area contributed by atoms with E-state index in [1.807, 2.05) is 49.2 Å². The summed E-state index contributed by atoms with van der Waals surface area (Å²) in [5.74, 6) is 0.863. The predicted molar refractivity (Wildman–Crippen MR) is 186 cm³/mol. The number of nitrogens with zero attached hydrogens (tertiary/aromatic N) is 2. The fraction of sp³-hybridized carbons (Fsp3) is 0.618. The Morgan fingerprint density at radius 3 is 2.66 bits per heavy atom. The van der Waals surface area contributed by atoms with Gasteiger partial charge in [0.15, 0.2) is 0 Å². The number of aliphatic hydroxyl groups excluding tert-OH is 1. The van der Waals surface area contributed by atoms with Crippen molar-refractivity contribution in [3.63, 3.8) is 0 Å². The van der Waals surface area contributed by atoms with Gasteiger partial charge in [0.05, 0.1) is 17.3 Å². The Hall–Kier alpha value is -2.27. The molecule has 3 aliphatic rings. The summed E-state index contributed by atoms with van der Waals surface area (Å²) in [4.78, 5) is 30.5. The second kappa shape index (κ2) is 16.3. The van der Waals surface area contributed by atoms with Gasteiger partial charge in [-0.15, -0.1) is 11.8 Å². The predicted octanol–water partition coefficient (Wildman–Crippen LogP) is 5.64. The number of fused-ring (bicyclic) bond motifs is 1. The lowest BCUT2D eigenvalue weighted by Crippen LogP contribution is -2.53. The van der Waals surface area contributed by atoms with Gasteiger partial charge in [0.25, 0.3) is 5.91 Å². The molecular weight excluding hydrogens is 593 g/mol. The molecule has 4 rings (SSSR count). The Morgan fingerprint density at radius 1 is 1.20 bits per heavy atom. The molecule has 4 atom stereocenters. The molecule has 244 valence electrons. The number of anilines is 1. The summed E-state index contributed by atoms with van der Waals surface area (Å²) in [6.45, 7) is 9.77. The minimum atomic E-state index is -0.783. The average Bonchev–Trinajstić information content (AvgIpc) is 3.51. The molecular formula is C34H52N4O4S2. The molecule has 8 nitrogen and oxygen atoms in total. The van der Waals surface area contributed by atoms with Crippen LogP contribution in [0.3, 0.4) is 0 Å². The number of β-amino-alcohol motifs (C(OH)–C–C–N with tert-alkyl or cyclic N) is 1. The zero-order valence-electron chi connectivity index (χ0n) is 26.8. The molecule has 4 N–H and O–H groups in total. The molecule has 1 saturated carbocycles. The molecule has 0 bridgehead atoms. The van der Waals surface area contributed by atoms with Crippen LogP contribution in [0.5, 0.6) is 0 Å². The van der Waals surface area contributed by atoms with Gasteiger partial charge in [0.1, 0.15) is 11.9 Å². The second-order valence-corrected chi connectivity index (χ2v) is 15.2.